The number of furan rings is 2. The topological polar surface area (TPSA) is 74.8 Å². The highest BCUT2D eigenvalue weighted by Gasteiger charge is 2.22. The summed E-state index contributed by atoms with van der Waals surface area (Å²) in [7, 11) is 0. The normalized spacial score (nSPS) is 11.9. The van der Waals surface area contributed by atoms with Crippen LogP contribution in [-0.2, 0) is 0 Å². The van der Waals surface area contributed by atoms with Crippen LogP contribution in [0.15, 0.2) is 258 Å². The molecule has 5 heterocycles. The van der Waals surface area contributed by atoms with E-state index in [2.05, 4.69) is 215 Å². The Kier molecular flexibility index (Phi) is 9.20. The SMILES string of the molecule is c1ccc(-c2nc(-c3ccc4c(c3)oc3ccc(-n5c6ccccc6c6ccccc65)cc34)nc(-c3cccc4oc5ccc(-c6ccccc6-c6ccc7c(c6)c6ccccc6n7-c6ccccc6)cc5c34)n2)cc1. The minimum atomic E-state index is 0.542. The van der Waals surface area contributed by atoms with Gasteiger partial charge in [0.25, 0.3) is 0 Å². The third-order valence-electron chi connectivity index (χ3n) is 15.2. The largest absolute Gasteiger partial charge is 0.456 e. The summed E-state index contributed by atoms with van der Waals surface area (Å²) >= 11 is 0. The van der Waals surface area contributed by atoms with Crippen molar-refractivity contribution in [3.05, 3.63) is 249 Å². The van der Waals surface area contributed by atoms with Gasteiger partial charge in [-0.3, -0.25) is 0 Å². The Hall–Kier alpha value is -10.4. The zero-order valence-electron chi connectivity index (χ0n) is 40.7. The lowest BCUT2D eigenvalue weighted by molar-refractivity contribution is 0.668. The van der Waals surface area contributed by atoms with E-state index in [4.69, 9.17) is 23.8 Å². The summed E-state index contributed by atoms with van der Waals surface area (Å²) in [4.78, 5) is 15.7. The molecule has 0 bridgehead atoms. The van der Waals surface area contributed by atoms with E-state index in [0.29, 0.717) is 17.5 Å². The van der Waals surface area contributed by atoms with E-state index in [1.54, 1.807) is 0 Å². The molecule has 0 unspecified atom stereocenters. The van der Waals surface area contributed by atoms with Crippen molar-refractivity contribution in [2.24, 2.45) is 0 Å². The van der Waals surface area contributed by atoms with Crippen molar-refractivity contribution in [3.63, 3.8) is 0 Å². The highest BCUT2D eigenvalue weighted by atomic mass is 16.3. The molecule has 0 atom stereocenters. The molecule has 16 rings (SSSR count). The van der Waals surface area contributed by atoms with Gasteiger partial charge in [0.2, 0.25) is 0 Å². The smallest absolute Gasteiger partial charge is 0.164 e. The predicted octanol–water partition coefficient (Wildman–Crippen LogP) is 18.2. The lowest BCUT2D eigenvalue weighted by Crippen LogP contribution is -2.00. The maximum Gasteiger partial charge on any atom is 0.164 e. The van der Waals surface area contributed by atoms with Gasteiger partial charge in [-0.1, -0.05) is 158 Å². The van der Waals surface area contributed by atoms with E-state index >= 15 is 0 Å². The standard InChI is InChI=1S/C69H41N5O2/c1-3-16-42(17-4-1)67-70-68(45-30-34-53-56-41-47(33-37-62(56)76-65(53)40-45)74-58-26-12-9-22-50(58)51-23-10-13-27-59(51)74)72-69(71-67)54-25-15-29-64-66(54)57-39-44(32-36-63(57)75-64)49-21-8-7-20-48(49)43-31-35-61-55(38-43)52-24-11-14-28-60(52)73(61)46-18-5-2-6-19-46/h1-41H. The average Bonchev–Trinajstić information content (AvgIpc) is 4.25. The first-order chi connectivity index (χ1) is 37.7. The lowest BCUT2D eigenvalue weighted by atomic mass is 9.92. The van der Waals surface area contributed by atoms with Crippen LogP contribution in [-0.4, -0.2) is 24.1 Å². The minimum Gasteiger partial charge on any atom is -0.456 e. The number of hydrogen-bond acceptors (Lipinski definition) is 5. The van der Waals surface area contributed by atoms with E-state index in [9.17, 15) is 0 Å². The second kappa shape index (κ2) is 16.6. The molecule has 16 aromatic rings. The number of rotatable bonds is 7. The summed E-state index contributed by atoms with van der Waals surface area (Å²) in [5.74, 6) is 1.66. The second-order valence-electron chi connectivity index (χ2n) is 19.5. The molecule has 7 nitrogen and oxygen atoms in total. The molecule has 7 heteroatoms. The Bertz CT molecular complexity index is 4950. The van der Waals surface area contributed by atoms with Crippen LogP contribution in [0.2, 0.25) is 0 Å². The molecule has 5 aromatic heterocycles. The summed E-state index contributed by atoms with van der Waals surface area (Å²) in [6.07, 6.45) is 0. The minimum absolute atomic E-state index is 0.542. The fourth-order valence-corrected chi connectivity index (χ4v) is 11.7. The third kappa shape index (κ3) is 6.52. The average molecular weight is 972 g/mol. The van der Waals surface area contributed by atoms with Crippen molar-refractivity contribution >= 4 is 87.5 Å². The highest BCUT2D eigenvalue weighted by Crippen LogP contribution is 2.43. The fraction of sp³-hybridized carbons (Fsp3) is 0. The van der Waals surface area contributed by atoms with E-state index in [0.717, 1.165) is 105 Å². The Morgan fingerprint density at radius 1 is 0.250 bits per heavy atom. The van der Waals surface area contributed by atoms with Crippen LogP contribution >= 0.6 is 0 Å². The molecule has 354 valence electrons. The highest BCUT2D eigenvalue weighted by molar-refractivity contribution is 6.15. The second-order valence-corrected chi connectivity index (χ2v) is 19.5. The summed E-state index contributed by atoms with van der Waals surface area (Å²) in [5.41, 5.74) is 17.1. The van der Waals surface area contributed by atoms with Gasteiger partial charge in [0.15, 0.2) is 17.5 Å². The van der Waals surface area contributed by atoms with Gasteiger partial charge in [-0.2, -0.15) is 0 Å². The lowest BCUT2D eigenvalue weighted by Gasteiger charge is -2.12. The molecule has 0 spiro atoms. The third-order valence-corrected chi connectivity index (χ3v) is 15.2. The monoisotopic (exact) mass is 971 g/mol. The van der Waals surface area contributed by atoms with Crippen LogP contribution in [0.25, 0.3) is 155 Å². The first-order valence-corrected chi connectivity index (χ1v) is 25.6. The zero-order chi connectivity index (χ0) is 49.8. The van der Waals surface area contributed by atoms with E-state index < -0.39 is 0 Å². The van der Waals surface area contributed by atoms with Gasteiger partial charge in [0, 0.05) is 71.2 Å². The number of para-hydroxylation sites is 4. The van der Waals surface area contributed by atoms with E-state index in [1.165, 1.54) is 32.6 Å². The maximum absolute atomic E-state index is 6.64. The van der Waals surface area contributed by atoms with Crippen LogP contribution in [0.1, 0.15) is 0 Å². The molecule has 0 amide bonds. The quantitative estimate of drug-likeness (QED) is 0.159. The van der Waals surface area contributed by atoms with Crippen LogP contribution in [0, 0.1) is 0 Å². The molecule has 0 fully saturated rings. The van der Waals surface area contributed by atoms with Gasteiger partial charge < -0.3 is 18.0 Å². The Morgan fingerprint density at radius 2 is 0.763 bits per heavy atom. The van der Waals surface area contributed by atoms with E-state index in [-0.39, 0.29) is 0 Å². The van der Waals surface area contributed by atoms with Crippen molar-refractivity contribution in [2.45, 2.75) is 0 Å². The van der Waals surface area contributed by atoms with Gasteiger partial charge >= 0.3 is 0 Å². The van der Waals surface area contributed by atoms with Crippen LogP contribution in [0.3, 0.4) is 0 Å². The molecule has 0 aliphatic rings. The first-order valence-electron chi connectivity index (χ1n) is 25.6. The molecule has 0 radical (unpaired) electrons. The van der Waals surface area contributed by atoms with Gasteiger partial charge in [0.1, 0.15) is 22.3 Å². The van der Waals surface area contributed by atoms with Crippen molar-refractivity contribution in [3.8, 4) is 67.8 Å². The van der Waals surface area contributed by atoms with Gasteiger partial charge in [-0.25, -0.2) is 15.0 Å². The molecule has 11 aromatic carbocycles. The van der Waals surface area contributed by atoms with Crippen molar-refractivity contribution < 1.29 is 8.83 Å². The number of nitrogens with zero attached hydrogens (tertiary/aromatic N) is 5. The molecule has 0 aliphatic carbocycles. The first kappa shape index (κ1) is 42.2. The summed E-state index contributed by atoms with van der Waals surface area (Å²) < 4.78 is 18.0. The molecule has 76 heavy (non-hydrogen) atoms. The van der Waals surface area contributed by atoms with Crippen LogP contribution in [0.5, 0.6) is 0 Å². The Morgan fingerprint density at radius 3 is 1.49 bits per heavy atom. The predicted molar refractivity (Wildman–Crippen MR) is 310 cm³/mol. The van der Waals surface area contributed by atoms with E-state index in [1.807, 2.05) is 42.5 Å². The zero-order valence-corrected chi connectivity index (χ0v) is 40.7. The number of aromatic nitrogens is 5. The molecular formula is C69H41N5O2. The number of fused-ring (bicyclic) bond motifs is 12. The van der Waals surface area contributed by atoms with Crippen molar-refractivity contribution in [1.29, 1.82) is 0 Å². The molecule has 0 N–H and O–H groups in total. The molecule has 0 saturated carbocycles. The van der Waals surface area contributed by atoms with Gasteiger partial charge in [0.05, 0.1) is 22.1 Å². The van der Waals surface area contributed by atoms with Crippen LogP contribution < -0.4 is 0 Å². The van der Waals surface area contributed by atoms with Crippen LogP contribution in [0.4, 0.5) is 0 Å². The summed E-state index contributed by atoms with van der Waals surface area (Å²) in [6.45, 7) is 0. The van der Waals surface area contributed by atoms with Gasteiger partial charge in [-0.05, 0) is 113 Å². The maximum atomic E-state index is 6.64. The number of benzene rings is 11. The van der Waals surface area contributed by atoms with Crippen molar-refractivity contribution in [1.82, 2.24) is 24.1 Å². The number of hydrogen-bond donors (Lipinski definition) is 0. The Balaban J connectivity index is 0.819. The molecular weight excluding hydrogens is 931 g/mol. The van der Waals surface area contributed by atoms with Crippen molar-refractivity contribution in [2.75, 3.05) is 0 Å². The Labute approximate surface area is 434 Å². The molecule has 0 aliphatic heterocycles. The molecule has 0 saturated heterocycles. The van der Waals surface area contributed by atoms with Gasteiger partial charge in [-0.15, -0.1) is 0 Å². The fourth-order valence-electron chi connectivity index (χ4n) is 11.7. The summed E-state index contributed by atoms with van der Waals surface area (Å²) in [6, 6.07) is 87.5. The summed E-state index contributed by atoms with van der Waals surface area (Å²) in [5, 5.41) is 8.85.